The van der Waals surface area contributed by atoms with Gasteiger partial charge in [0.15, 0.2) is 50.3 Å². The van der Waals surface area contributed by atoms with Crippen LogP contribution in [0.15, 0.2) is 0 Å². The highest BCUT2D eigenvalue weighted by molar-refractivity contribution is 5.73. The molecule has 8 heterocycles. The summed E-state index contributed by atoms with van der Waals surface area (Å²) in [7, 11) is 0. The molecular weight excluding hydrogens is 1280 g/mol. The van der Waals surface area contributed by atoms with Crippen LogP contribution in [0, 0.1) is 0 Å². The van der Waals surface area contributed by atoms with E-state index in [4.69, 9.17) is 71.1 Å². The van der Waals surface area contributed by atoms with Crippen molar-refractivity contribution in [3.63, 3.8) is 0 Å². The van der Waals surface area contributed by atoms with Gasteiger partial charge in [0.1, 0.15) is 183 Å². The second-order valence-corrected chi connectivity index (χ2v) is 23.8. The highest BCUT2D eigenvalue weighted by Crippen LogP contribution is 2.40. The maximum atomic E-state index is 13.4. The van der Waals surface area contributed by atoms with Crippen molar-refractivity contribution >= 4 is 11.8 Å². The molecule has 0 bridgehead atoms. The largest absolute Gasteiger partial charge is 0.394 e. The molecule has 8 fully saturated rings. The lowest BCUT2D eigenvalue weighted by molar-refractivity contribution is -0.401. The van der Waals surface area contributed by atoms with Gasteiger partial charge in [0.25, 0.3) is 0 Å². The van der Waals surface area contributed by atoms with Gasteiger partial charge in [0.2, 0.25) is 11.8 Å². The molecule has 0 saturated carbocycles. The van der Waals surface area contributed by atoms with Crippen LogP contribution in [0.5, 0.6) is 0 Å². The molecule has 8 aliphatic rings. The summed E-state index contributed by atoms with van der Waals surface area (Å²) in [5.74, 6) is -1.88. The van der Waals surface area contributed by atoms with E-state index in [1.54, 1.807) is 0 Å². The molecule has 40 atom stereocenters. The predicted molar refractivity (Wildman–Crippen MR) is 285 cm³/mol. The highest BCUT2D eigenvalue weighted by Gasteiger charge is 2.61. The van der Waals surface area contributed by atoms with Crippen LogP contribution in [0.3, 0.4) is 0 Å². The van der Waals surface area contributed by atoms with Crippen LogP contribution in [-0.4, -0.2) is 409 Å². The van der Waals surface area contributed by atoms with Crippen LogP contribution in [0.2, 0.25) is 0 Å². The Morgan fingerprint density at radius 1 is 0.280 bits per heavy atom. The quantitative estimate of drug-likeness (QED) is 0.0479. The van der Waals surface area contributed by atoms with Crippen molar-refractivity contribution in [3.8, 4) is 0 Å². The number of aliphatic hydroxyl groups excluding tert-OH is 22. The van der Waals surface area contributed by atoms with E-state index in [1.165, 1.54) is 13.8 Å². The van der Waals surface area contributed by atoms with Gasteiger partial charge in [-0.1, -0.05) is 0 Å². The van der Waals surface area contributed by atoms with Crippen molar-refractivity contribution in [2.45, 2.75) is 273 Å². The minimum Gasteiger partial charge on any atom is -0.394 e. The number of nitrogens with one attached hydrogen (secondary N) is 2. The first-order valence-corrected chi connectivity index (χ1v) is 29.9. The summed E-state index contributed by atoms with van der Waals surface area (Å²) < 4.78 is 88.1. The summed E-state index contributed by atoms with van der Waals surface area (Å²) in [6, 6.07) is -3.86. The molecule has 93 heavy (non-hydrogen) atoms. The summed E-state index contributed by atoms with van der Waals surface area (Å²) in [6.07, 6.45) is -74.6. The lowest BCUT2D eigenvalue weighted by atomic mass is 9.93. The van der Waals surface area contributed by atoms with Gasteiger partial charge in [-0.15, -0.1) is 0 Å². The molecule has 24 N–H and O–H groups in total. The summed E-state index contributed by atoms with van der Waals surface area (Å²) in [4.78, 5) is 26.2. The third kappa shape index (κ3) is 16.2. The number of aliphatic hydroxyl groups is 22. The van der Waals surface area contributed by atoms with Crippen LogP contribution >= 0.6 is 0 Å². The molecule has 0 aromatic carbocycles. The smallest absolute Gasteiger partial charge is 0.217 e. The van der Waals surface area contributed by atoms with E-state index >= 15 is 0 Å². The van der Waals surface area contributed by atoms with Gasteiger partial charge >= 0.3 is 0 Å². The van der Waals surface area contributed by atoms with Gasteiger partial charge in [-0.25, -0.2) is 0 Å². The van der Waals surface area contributed by atoms with Crippen LogP contribution in [0.1, 0.15) is 27.7 Å². The molecule has 540 valence electrons. The van der Waals surface area contributed by atoms with Crippen LogP contribution < -0.4 is 10.6 Å². The Morgan fingerprint density at radius 3 is 1.05 bits per heavy atom. The Morgan fingerprint density at radius 2 is 0.602 bits per heavy atom. The molecule has 0 aromatic heterocycles. The standard InChI is InChI=1S/C52H88N2O39/c1-11-23(63)29(69)34(74)48(79-11)89-40-20(10-60)86-47(22(54-14(4)62)41(40)90-52-44(31(71)25(65)15(5-55)84-52)93-49-35(75)30(70)24(64)12(2)80-49)92-43-27(67)17(7-57)82-50(37(43)77)87-38-19(9-59)85-46(21(28(38)68)53-13(3)61)91-42-26(66)16(6-56)83-51(36(42)76)88-39-18(8-58)81-45(78)33(73)32(39)72/h11-12,15-52,55-60,63-78H,5-10H2,1-4H3,(H,53,61)(H,54,62)/t11-,12-,15+,16+,17+,18+,19+,20+,21+,22+,23+,24+,25-,26-,27-,28+,29+,30+,31-,32+,33+,34-,35-,36+,37+,38+,39+,40+,41+,42-,43-,44+,45?,46-,47-,48-,49-,50-,51-,52-/m0/s1. The van der Waals surface area contributed by atoms with Crippen molar-refractivity contribution in [1.29, 1.82) is 0 Å². The predicted octanol–water partition coefficient (Wildman–Crippen LogP) is -16.1. The zero-order valence-corrected chi connectivity index (χ0v) is 50.1. The molecule has 1 unspecified atom stereocenters. The topological polar surface area (TPSA) is 642 Å². The number of amides is 2. The second-order valence-electron chi connectivity index (χ2n) is 23.8. The average molecular weight is 1370 g/mol. The lowest BCUT2D eigenvalue weighted by Crippen LogP contribution is -2.72. The molecule has 0 spiro atoms. The molecule has 41 nitrogen and oxygen atoms in total. The van der Waals surface area contributed by atoms with Gasteiger partial charge in [-0.05, 0) is 13.8 Å². The number of hydrogen-bond acceptors (Lipinski definition) is 39. The van der Waals surface area contributed by atoms with E-state index in [0.29, 0.717) is 0 Å². The first-order chi connectivity index (χ1) is 43.9. The number of rotatable bonds is 22. The van der Waals surface area contributed by atoms with Crippen molar-refractivity contribution in [1.82, 2.24) is 10.6 Å². The third-order valence-electron chi connectivity index (χ3n) is 17.4. The van der Waals surface area contributed by atoms with E-state index in [1.807, 2.05) is 0 Å². The SMILES string of the molecule is CC(=O)N[C@H]1[C@H](O[C@H]2[C@@H](O)[C@@H](CO)O[C@@H](O[C@H]3[C@H](O)[C@@H](O)C(O)O[C@@H]3CO)[C@@H]2O)O[C@H](CO)[C@@H](O[C@@H]2O[C@H](CO)[C@H](O)[C@H](O[C@@H]3O[C@H](CO)[C@@H](O[C@@H]4O[C@@H](C)[C@@H](O)[C@@H](O)[C@@H]4O)[C@H](O[C@@H]4O[C@H](CO)[C@H](O)[C@H](O)[C@H]4O[C@@H]4O[C@@H](C)[C@@H](O)[C@@H](O)[C@@H]4O)[C@H]3NC(C)=O)[C@H]2O)[C@@H]1O. The Kier molecular flexibility index (Phi) is 26.7. The molecular formula is C52H88N2O39. The first-order valence-electron chi connectivity index (χ1n) is 29.9. The van der Waals surface area contributed by atoms with E-state index in [0.717, 1.165) is 13.8 Å². The number of ether oxygens (including phenoxy) is 15. The van der Waals surface area contributed by atoms with E-state index in [-0.39, 0.29) is 0 Å². The maximum Gasteiger partial charge on any atom is 0.217 e. The molecule has 0 radical (unpaired) electrons. The zero-order valence-electron chi connectivity index (χ0n) is 50.1. The summed E-state index contributed by atoms with van der Waals surface area (Å²) in [5, 5.41) is 245. The zero-order chi connectivity index (χ0) is 68.5. The molecule has 8 rings (SSSR count). The molecule has 2 amide bonds. The first kappa shape index (κ1) is 76.2. The average Bonchev–Trinajstić information content (AvgIpc) is 0.773. The monoisotopic (exact) mass is 1360 g/mol. The highest BCUT2D eigenvalue weighted by atomic mass is 16.8. The van der Waals surface area contributed by atoms with Crippen LogP contribution in [-0.2, 0) is 80.6 Å². The minimum absolute atomic E-state index is 0.911. The second kappa shape index (κ2) is 32.6. The van der Waals surface area contributed by atoms with E-state index in [2.05, 4.69) is 10.6 Å². The molecule has 0 aromatic rings. The summed E-state index contributed by atoms with van der Waals surface area (Å²) >= 11 is 0. The van der Waals surface area contributed by atoms with Crippen molar-refractivity contribution in [3.05, 3.63) is 0 Å². The molecule has 0 aliphatic carbocycles. The van der Waals surface area contributed by atoms with Gasteiger partial charge in [0, 0.05) is 13.8 Å². The van der Waals surface area contributed by atoms with Crippen LogP contribution in [0.25, 0.3) is 0 Å². The van der Waals surface area contributed by atoms with Crippen molar-refractivity contribution < 1.29 is 193 Å². The Labute approximate surface area is 527 Å². The van der Waals surface area contributed by atoms with Crippen molar-refractivity contribution in [2.24, 2.45) is 0 Å². The molecule has 8 saturated heterocycles. The van der Waals surface area contributed by atoms with Gasteiger partial charge in [0.05, 0.1) is 51.8 Å². The minimum atomic E-state index is -2.38. The van der Waals surface area contributed by atoms with Crippen LogP contribution in [0.4, 0.5) is 0 Å². The Bertz CT molecular complexity index is 2350. The Balaban J connectivity index is 1.09. The van der Waals surface area contributed by atoms with Gasteiger partial charge in [-0.3, -0.25) is 9.59 Å². The number of carbonyl (C=O) groups is 2. The van der Waals surface area contributed by atoms with E-state index in [9.17, 15) is 122 Å². The lowest BCUT2D eigenvalue weighted by Gasteiger charge is -2.52. The normalized spacial score (nSPS) is 51.6. The third-order valence-corrected chi connectivity index (χ3v) is 17.4. The van der Waals surface area contributed by atoms with Crippen molar-refractivity contribution in [2.75, 3.05) is 39.6 Å². The number of carbonyl (C=O) groups excluding carboxylic acids is 2. The van der Waals surface area contributed by atoms with Gasteiger partial charge in [-0.2, -0.15) is 0 Å². The fourth-order valence-electron chi connectivity index (χ4n) is 12.2. The summed E-state index contributed by atoms with van der Waals surface area (Å²) in [6.45, 7) is -1.95. The fraction of sp³-hybridized carbons (Fsp3) is 0.962. The maximum absolute atomic E-state index is 13.4. The molecule has 8 aliphatic heterocycles. The summed E-state index contributed by atoms with van der Waals surface area (Å²) in [5.41, 5.74) is 0. The Hall–Kier alpha value is -2.54. The van der Waals surface area contributed by atoms with Gasteiger partial charge < -0.3 is 194 Å². The van der Waals surface area contributed by atoms with E-state index < -0.39 is 297 Å². The molecule has 41 heteroatoms. The number of hydrogen-bond donors (Lipinski definition) is 24. The fourth-order valence-corrected chi connectivity index (χ4v) is 12.2.